The van der Waals surface area contributed by atoms with Crippen LogP contribution in [0.1, 0.15) is 21.6 Å². The van der Waals surface area contributed by atoms with Gasteiger partial charge in [0.25, 0.3) is 5.91 Å². The van der Waals surface area contributed by atoms with Crippen molar-refractivity contribution in [3.05, 3.63) is 57.0 Å². The number of ether oxygens (including phenoxy) is 1. The molecule has 25 heavy (non-hydrogen) atoms. The molecule has 3 heterocycles. The molecule has 1 aromatic carbocycles. The summed E-state index contributed by atoms with van der Waals surface area (Å²) in [6.07, 6.45) is 0. The number of carbonyl (C=O) groups is 1. The van der Waals surface area contributed by atoms with Gasteiger partial charge in [-0.05, 0) is 34.5 Å². The second kappa shape index (κ2) is 6.94. The van der Waals surface area contributed by atoms with Crippen LogP contribution in [0.2, 0.25) is 0 Å². The van der Waals surface area contributed by atoms with E-state index < -0.39 is 0 Å². The summed E-state index contributed by atoms with van der Waals surface area (Å²) in [4.78, 5) is 15.0. The molecule has 0 atom stereocenters. The third kappa shape index (κ3) is 3.26. The van der Waals surface area contributed by atoms with Crippen LogP contribution in [0.5, 0.6) is 0 Å². The summed E-state index contributed by atoms with van der Waals surface area (Å²) >= 11 is 5.31. The summed E-state index contributed by atoms with van der Waals surface area (Å²) in [6, 6.07) is 10.5. The molecule has 1 amide bonds. The number of aromatic nitrogens is 1. The first-order chi connectivity index (χ1) is 12.1. The number of benzene rings is 1. The summed E-state index contributed by atoms with van der Waals surface area (Å²) < 4.78 is 9.70. The zero-order valence-electron chi connectivity index (χ0n) is 14.0. The van der Waals surface area contributed by atoms with Crippen LogP contribution in [0, 0.1) is 6.92 Å². The van der Waals surface area contributed by atoms with Gasteiger partial charge in [0.2, 0.25) is 0 Å². The monoisotopic (exact) mass is 418 g/mol. The third-order valence-electron chi connectivity index (χ3n) is 4.52. The summed E-state index contributed by atoms with van der Waals surface area (Å²) in [5, 5.41) is 2.08. The highest BCUT2D eigenvalue weighted by atomic mass is 79.9. The first kappa shape index (κ1) is 16.8. The van der Waals surface area contributed by atoms with Crippen LogP contribution in [-0.2, 0) is 11.3 Å². The lowest BCUT2D eigenvalue weighted by atomic mass is 10.1. The van der Waals surface area contributed by atoms with Crippen molar-refractivity contribution in [1.82, 2.24) is 9.47 Å². The van der Waals surface area contributed by atoms with Crippen molar-refractivity contribution in [3.63, 3.8) is 0 Å². The van der Waals surface area contributed by atoms with Crippen molar-refractivity contribution in [2.45, 2.75) is 13.5 Å². The SMILES string of the molecule is Cc1cccc(Cn2c(C(=O)N3CCOCC3)cc3scc(Br)c32)c1. The van der Waals surface area contributed by atoms with Gasteiger partial charge in [-0.15, -0.1) is 11.3 Å². The van der Waals surface area contributed by atoms with E-state index in [9.17, 15) is 4.79 Å². The lowest BCUT2D eigenvalue weighted by Crippen LogP contribution is -2.41. The minimum atomic E-state index is 0.0891. The van der Waals surface area contributed by atoms with Gasteiger partial charge >= 0.3 is 0 Å². The highest BCUT2D eigenvalue weighted by Gasteiger charge is 2.24. The Bertz CT molecular complexity index is 925. The van der Waals surface area contributed by atoms with Gasteiger partial charge in [0.05, 0.1) is 27.9 Å². The lowest BCUT2D eigenvalue weighted by Gasteiger charge is -2.27. The topological polar surface area (TPSA) is 34.5 Å². The highest BCUT2D eigenvalue weighted by Crippen LogP contribution is 2.34. The predicted octanol–water partition coefficient (Wildman–Crippen LogP) is 4.29. The molecule has 6 heteroatoms. The number of hydrogen-bond acceptors (Lipinski definition) is 3. The molecule has 4 nitrogen and oxygen atoms in total. The van der Waals surface area contributed by atoms with Crippen molar-refractivity contribution in [1.29, 1.82) is 0 Å². The Hall–Kier alpha value is -1.63. The van der Waals surface area contributed by atoms with Crippen LogP contribution in [0.15, 0.2) is 40.2 Å². The molecule has 1 fully saturated rings. The molecule has 1 saturated heterocycles. The zero-order valence-corrected chi connectivity index (χ0v) is 16.4. The van der Waals surface area contributed by atoms with Gasteiger partial charge in [-0.3, -0.25) is 4.79 Å². The average Bonchev–Trinajstić information content (AvgIpc) is 3.16. The molecule has 0 saturated carbocycles. The lowest BCUT2D eigenvalue weighted by molar-refractivity contribution is 0.0296. The Morgan fingerprint density at radius 3 is 2.84 bits per heavy atom. The number of amides is 1. The van der Waals surface area contributed by atoms with E-state index in [1.807, 2.05) is 11.0 Å². The summed E-state index contributed by atoms with van der Waals surface area (Å²) in [7, 11) is 0. The van der Waals surface area contributed by atoms with E-state index >= 15 is 0 Å². The van der Waals surface area contributed by atoms with Gasteiger partial charge < -0.3 is 14.2 Å². The maximum atomic E-state index is 13.1. The Balaban J connectivity index is 1.77. The molecule has 2 aromatic heterocycles. The molecular weight excluding hydrogens is 400 g/mol. The van der Waals surface area contributed by atoms with Crippen LogP contribution in [-0.4, -0.2) is 41.7 Å². The van der Waals surface area contributed by atoms with Crippen LogP contribution in [0.3, 0.4) is 0 Å². The van der Waals surface area contributed by atoms with E-state index in [0.29, 0.717) is 32.8 Å². The number of carbonyl (C=O) groups excluding carboxylic acids is 1. The number of thiophene rings is 1. The molecule has 0 radical (unpaired) electrons. The number of hydrogen-bond donors (Lipinski definition) is 0. The van der Waals surface area contributed by atoms with Crippen LogP contribution >= 0.6 is 27.3 Å². The van der Waals surface area contributed by atoms with Crippen molar-refractivity contribution in [2.24, 2.45) is 0 Å². The fourth-order valence-electron chi connectivity index (χ4n) is 3.29. The molecule has 0 spiro atoms. The van der Waals surface area contributed by atoms with Gasteiger partial charge in [-0.1, -0.05) is 29.8 Å². The van der Waals surface area contributed by atoms with E-state index in [4.69, 9.17) is 4.74 Å². The van der Waals surface area contributed by atoms with Crippen molar-refractivity contribution in [2.75, 3.05) is 26.3 Å². The maximum Gasteiger partial charge on any atom is 0.270 e. The number of aryl methyl sites for hydroxylation is 1. The highest BCUT2D eigenvalue weighted by molar-refractivity contribution is 9.10. The van der Waals surface area contributed by atoms with E-state index in [1.54, 1.807) is 11.3 Å². The summed E-state index contributed by atoms with van der Waals surface area (Å²) in [6.45, 7) is 5.32. The molecule has 0 bridgehead atoms. The van der Waals surface area contributed by atoms with Gasteiger partial charge in [-0.25, -0.2) is 0 Å². The fraction of sp³-hybridized carbons (Fsp3) is 0.316. The van der Waals surface area contributed by atoms with E-state index in [0.717, 1.165) is 20.4 Å². The van der Waals surface area contributed by atoms with E-state index in [2.05, 4.69) is 57.1 Å². The van der Waals surface area contributed by atoms with Gasteiger partial charge in [0.15, 0.2) is 0 Å². The molecular formula is C19H19BrN2O2S. The van der Waals surface area contributed by atoms with Crippen molar-refractivity contribution in [3.8, 4) is 0 Å². The fourth-order valence-corrected chi connectivity index (χ4v) is 4.99. The second-order valence-corrected chi connectivity index (χ2v) is 8.07. The summed E-state index contributed by atoms with van der Waals surface area (Å²) in [5.41, 5.74) is 4.28. The number of rotatable bonds is 3. The smallest absolute Gasteiger partial charge is 0.270 e. The van der Waals surface area contributed by atoms with Gasteiger partial charge in [0, 0.05) is 25.0 Å². The molecule has 0 unspecified atom stereocenters. The molecule has 0 N–H and O–H groups in total. The largest absolute Gasteiger partial charge is 0.378 e. The zero-order chi connectivity index (χ0) is 17.4. The molecule has 0 aliphatic carbocycles. The maximum absolute atomic E-state index is 13.1. The Kier molecular flexibility index (Phi) is 4.67. The Morgan fingerprint density at radius 2 is 2.08 bits per heavy atom. The number of halogens is 1. The van der Waals surface area contributed by atoms with Crippen LogP contribution in [0.25, 0.3) is 10.2 Å². The predicted molar refractivity (Wildman–Crippen MR) is 105 cm³/mol. The minimum absolute atomic E-state index is 0.0891. The number of nitrogens with zero attached hydrogens (tertiary/aromatic N) is 2. The second-order valence-electron chi connectivity index (χ2n) is 6.31. The number of morpholine rings is 1. The van der Waals surface area contributed by atoms with Gasteiger partial charge in [0.1, 0.15) is 5.69 Å². The molecule has 130 valence electrons. The first-order valence-electron chi connectivity index (χ1n) is 8.32. The molecule has 1 aliphatic heterocycles. The number of fused-ring (bicyclic) bond motifs is 1. The van der Waals surface area contributed by atoms with Gasteiger partial charge in [-0.2, -0.15) is 0 Å². The molecule has 1 aliphatic rings. The van der Waals surface area contributed by atoms with E-state index in [1.165, 1.54) is 11.1 Å². The minimum Gasteiger partial charge on any atom is -0.378 e. The average molecular weight is 419 g/mol. The van der Waals surface area contributed by atoms with Crippen molar-refractivity contribution < 1.29 is 9.53 Å². The van der Waals surface area contributed by atoms with Crippen LogP contribution in [0.4, 0.5) is 0 Å². The third-order valence-corrected chi connectivity index (χ3v) is 6.34. The standard InChI is InChI=1S/C19H19BrN2O2S/c1-13-3-2-4-14(9-13)11-22-16(10-17-18(22)15(20)12-25-17)19(23)21-5-7-24-8-6-21/h2-4,9-10,12H,5-8,11H2,1H3. The van der Waals surface area contributed by atoms with Crippen LogP contribution < -0.4 is 0 Å². The van der Waals surface area contributed by atoms with E-state index in [-0.39, 0.29) is 5.91 Å². The first-order valence-corrected chi connectivity index (χ1v) is 9.99. The molecule has 4 rings (SSSR count). The normalized spacial score (nSPS) is 15.0. The quantitative estimate of drug-likeness (QED) is 0.635. The summed E-state index contributed by atoms with van der Waals surface area (Å²) in [5.74, 6) is 0.0891. The Labute approximate surface area is 159 Å². The molecule has 3 aromatic rings. The Morgan fingerprint density at radius 1 is 1.28 bits per heavy atom. The van der Waals surface area contributed by atoms with Crippen molar-refractivity contribution >= 4 is 43.4 Å².